The summed E-state index contributed by atoms with van der Waals surface area (Å²) < 4.78 is 23.5. The highest BCUT2D eigenvalue weighted by Gasteiger charge is 2.44. The molecule has 1 fully saturated rings. The number of nitrogens with zero attached hydrogens (tertiary/aromatic N) is 1. The second-order valence-corrected chi connectivity index (χ2v) is 6.22. The van der Waals surface area contributed by atoms with Crippen molar-refractivity contribution in [3.05, 3.63) is 59.9 Å². The third kappa shape index (κ3) is 4.04. The van der Waals surface area contributed by atoms with E-state index in [4.69, 9.17) is 9.47 Å². The van der Waals surface area contributed by atoms with Crippen molar-refractivity contribution in [2.24, 2.45) is 5.92 Å². The van der Waals surface area contributed by atoms with Crippen molar-refractivity contribution in [2.75, 3.05) is 19.1 Å². The van der Waals surface area contributed by atoms with Gasteiger partial charge >= 0.3 is 6.03 Å². The molecule has 0 aromatic heterocycles. The van der Waals surface area contributed by atoms with Gasteiger partial charge in [0.25, 0.3) is 5.91 Å². The zero-order valence-corrected chi connectivity index (χ0v) is 16.0. The lowest BCUT2D eigenvalue weighted by Crippen LogP contribution is -2.60. The van der Waals surface area contributed by atoms with Gasteiger partial charge < -0.3 is 9.47 Å². The lowest BCUT2D eigenvalue weighted by atomic mass is 9.98. The predicted molar refractivity (Wildman–Crippen MR) is 105 cm³/mol. The van der Waals surface area contributed by atoms with E-state index < -0.39 is 35.4 Å². The number of hydrogen-bond donors (Lipinski definition) is 1. The first-order valence-corrected chi connectivity index (χ1v) is 8.74. The second-order valence-electron chi connectivity index (χ2n) is 6.22. The number of ether oxygens (including phenoxy) is 2. The minimum Gasteiger partial charge on any atom is -0.497 e. The predicted octanol–water partition coefficient (Wildman–Crippen LogP) is 2.32. The van der Waals surface area contributed by atoms with Crippen LogP contribution in [0, 0.1) is 11.7 Å². The van der Waals surface area contributed by atoms with E-state index in [1.165, 1.54) is 32.4 Å². The van der Waals surface area contributed by atoms with Crippen LogP contribution in [-0.4, -0.2) is 37.8 Å². The van der Waals surface area contributed by atoms with Crippen LogP contribution in [0.3, 0.4) is 0 Å². The molecule has 8 nitrogen and oxygen atoms in total. The Morgan fingerprint density at radius 1 is 1.07 bits per heavy atom. The smallest absolute Gasteiger partial charge is 0.335 e. The highest BCUT2D eigenvalue weighted by Crippen LogP contribution is 2.26. The first kappa shape index (κ1) is 20.7. The number of rotatable bonds is 6. The minimum absolute atomic E-state index is 0.0302. The summed E-state index contributed by atoms with van der Waals surface area (Å²) in [6, 6.07) is 8.40. The molecule has 0 spiro atoms. The summed E-state index contributed by atoms with van der Waals surface area (Å²) in [6.45, 7) is 0. The number of nitrogens with one attached hydrogen (secondary N) is 1. The van der Waals surface area contributed by atoms with Crippen LogP contribution in [0.1, 0.15) is 5.56 Å². The molecule has 3 rings (SSSR count). The van der Waals surface area contributed by atoms with Gasteiger partial charge in [0.05, 0.1) is 19.9 Å². The molecule has 1 aliphatic heterocycles. The Kier molecular flexibility index (Phi) is 5.91. The van der Waals surface area contributed by atoms with Crippen molar-refractivity contribution in [1.29, 1.82) is 0 Å². The number of ketones is 1. The summed E-state index contributed by atoms with van der Waals surface area (Å²) in [5, 5.41) is 1.98. The van der Waals surface area contributed by atoms with E-state index in [1.807, 2.05) is 5.32 Å². The molecule has 1 N–H and O–H groups in total. The third-order valence-electron chi connectivity index (χ3n) is 4.40. The zero-order chi connectivity index (χ0) is 21.8. The Balaban J connectivity index is 1.88. The van der Waals surface area contributed by atoms with Crippen LogP contribution in [0.5, 0.6) is 11.5 Å². The number of carbonyl (C=O) groups excluding carboxylic acids is 4. The van der Waals surface area contributed by atoms with Gasteiger partial charge in [-0.15, -0.1) is 0 Å². The van der Waals surface area contributed by atoms with Gasteiger partial charge in [0.1, 0.15) is 17.3 Å². The van der Waals surface area contributed by atoms with Crippen molar-refractivity contribution in [2.45, 2.75) is 0 Å². The van der Waals surface area contributed by atoms with Crippen LogP contribution >= 0.6 is 0 Å². The second kappa shape index (κ2) is 8.56. The fraction of sp³-hybridized carbons (Fsp3) is 0.143. The molecule has 0 saturated carbocycles. The van der Waals surface area contributed by atoms with Gasteiger partial charge in [0, 0.05) is 5.56 Å². The normalized spacial score (nSPS) is 16.6. The lowest BCUT2D eigenvalue weighted by Gasteiger charge is -2.28. The molecule has 9 heteroatoms. The van der Waals surface area contributed by atoms with Crippen molar-refractivity contribution in [1.82, 2.24) is 5.32 Å². The largest absolute Gasteiger partial charge is 0.497 e. The summed E-state index contributed by atoms with van der Waals surface area (Å²) in [5.41, 5.74) is 0.517. The van der Waals surface area contributed by atoms with Gasteiger partial charge in [-0.3, -0.25) is 19.7 Å². The molecular formula is C21H17FN2O6. The molecule has 2 aromatic carbocycles. The molecule has 30 heavy (non-hydrogen) atoms. The van der Waals surface area contributed by atoms with Crippen LogP contribution in [0.15, 0.2) is 48.5 Å². The number of allylic oxidation sites excluding steroid dienone is 1. The molecule has 1 saturated heterocycles. The van der Waals surface area contributed by atoms with Crippen LogP contribution in [-0.2, 0) is 14.4 Å². The molecule has 0 radical (unpaired) electrons. The van der Waals surface area contributed by atoms with E-state index in [9.17, 15) is 23.6 Å². The Hall–Kier alpha value is -4.01. The average Bonchev–Trinajstić information content (AvgIpc) is 2.73. The summed E-state index contributed by atoms with van der Waals surface area (Å²) >= 11 is 0. The highest BCUT2D eigenvalue weighted by atomic mass is 19.1. The lowest BCUT2D eigenvalue weighted by molar-refractivity contribution is -0.139. The van der Waals surface area contributed by atoms with Gasteiger partial charge in [0.15, 0.2) is 11.7 Å². The first-order chi connectivity index (χ1) is 14.3. The third-order valence-corrected chi connectivity index (χ3v) is 4.40. The van der Waals surface area contributed by atoms with Gasteiger partial charge in [-0.25, -0.2) is 14.1 Å². The Bertz CT molecular complexity index is 1050. The average molecular weight is 412 g/mol. The van der Waals surface area contributed by atoms with E-state index >= 15 is 0 Å². The maximum atomic E-state index is 13.2. The number of amides is 4. The first-order valence-electron chi connectivity index (χ1n) is 8.74. The maximum Gasteiger partial charge on any atom is 0.335 e. The van der Waals surface area contributed by atoms with E-state index in [0.29, 0.717) is 22.0 Å². The number of urea groups is 1. The number of anilines is 1. The zero-order valence-electron chi connectivity index (χ0n) is 16.0. The number of halogens is 1. The van der Waals surface area contributed by atoms with Gasteiger partial charge in [-0.2, -0.15) is 0 Å². The molecule has 1 unspecified atom stereocenters. The SMILES string of the molecule is COc1ccc(OC)c(/C=C/C(=O)C2C(=O)NC(=O)N(c3ccc(F)cc3)C2=O)c1. The molecular weight excluding hydrogens is 395 g/mol. The van der Waals surface area contributed by atoms with Crippen molar-refractivity contribution in [3.8, 4) is 11.5 Å². The fourth-order valence-electron chi connectivity index (χ4n) is 2.90. The highest BCUT2D eigenvalue weighted by molar-refractivity contribution is 6.36. The quantitative estimate of drug-likeness (QED) is 0.577. The summed E-state index contributed by atoms with van der Waals surface area (Å²) in [4.78, 5) is 50.3. The van der Waals surface area contributed by atoms with Crippen LogP contribution in [0.4, 0.5) is 14.9 Å². The molecule has 2 aromatic rings. The molecule has 154 valence electrons. The van der Waals surface area contributed by atoms with Crippen molar-refractivity contribution in [3.63, 3.8) is 0 Å². The van der Waals surface area contributed by atoms with Crippen LogP contribution in [0.2, 0.25) is 0 Å². The van der Waals surface area contributed by atoms with Gasteiger partial charge in [-0.05, 0) is 54.6 Å². The summed E-state index contributed by atoms with van der Waals surface area (Å²) in [6.07, 6.45) is 2.43. The topological polar surface area (TPSA) is 102 Å². The van der Waals surface area contributed by atoms with E-state index in [0.717, 1.165) is 18.2 Å². The van der Waals surface area contributed by atoms with Crippen molar-refractivity contribution < 1.29 is 33.0 Å². The van der Waals surface area contributed by atoms with E-state index in [-0.39, 0.29) is 5.69 Å². The Morgan fingerprint density at radius 2 is 1.77 bits per heavy atom. The molecule has 1 aliphatic rings. The maximum absolute atomic E-state index is 13.2. The summed E-state index contributed by atoms with van der Waals surface area (Å²) in [7, 11) is 2.93. The van der Waals surface area contributed by atoms with Crippen LogP contribution < -0.4 is 19.7 Å². The standard InChI is InChI=1S/C21H17FN2O6/c1-29-15-8-10-17(30-2)12(11-15)3-9-16(25)18-19(26)23-21(28)24(20(18)27)14-6-4-13(22)5-7-14/h3-11,18H,1-2H3,(H,23,26,28)/b9-3+. The number of methoxy groups -OCH3 is 2. The number of benzene rings is 2. The van der Waals surface area contributed by atoms with E-state index in [1.54, 1.807) is 18.2 Å². The minimum atomic E-state index is -1.76. The molecule has 0 aliphatic carbocycles. The number of carbonyl (C=O) groups is 4. The van der Waals surface area contributed by atoms with Gasteiger partial charge in [0.2, 0.25) is 5.91 Å². The molecule has 1 heterocycles. The molecule has 1 atom stereocenters. The van der Waals surface area contributed by atoms with Gasteiger partial charge in [-0.1, -0.05) is 0 Å². The Labute approximate surface area is 170 Å². The van der Waals surface area contributed by atoms with Crippen molar-refractivity contribution >= 4 is 35.4 Å². The monoisotopic (exact) mass is 412 g/mol. The number of barbiturate groups is 1. The molecule has 4 amide bonds. The van der Waals surface area contributed by atoms with E-state index in [2.05, 4.69) is 0 Å². The molecule has 0 bridgehead atoms. The Morgan fingerprint density at radius 3 is 2.40 bits per heavy atom. The number of hydrogen-bond acceptors (Lipinski definition) is 6. The van der Waals surface area contributed by atoms with Crippen LogP contribution in [0.25, 0.3) is 6.08 Å². The fourth-order valence-corrected chi connectivity index (χ4v) is 2.90. The summed E-state index contributed by atoms with van der Waals surface area (Å²) in [5.74, 6) is -4.26. The number of imide groups is 2.